The highest BCUT2D eigenvalue weighted by atomic mass is 14.1. The molecule has 0 saturated carbocycles. The second kappa shape index (κ2) is 31.8. The van der Waals surface area contributed by atoms with Gasteiger partial charge in [0.25, 0.3) is 0 Å². The van der Waals surface area contributed by atoms with Gasteiger partial charge in [0.05, 0.1) is 0 Å². The molecule has 1 unspecified atom stereocenters. The van der Waals surface area contributed by atoms with Crippen LogP contribution in [0.1, 0.15) is 207 Å². The molecule has 0 radical (unpaired) electrons. The van der Waals surface area contributed by atoms with Gasteiger partial charge in [-0.1, -0.05) is 193 Å². The zero-order valence-electron chi connectivity index (χ0n) is 25.2. The maximum absolute atomic E-state index is 2.50. The number of unbranched alkanes of at least 4 members (excludes halogenated alkanes) is 24. The molecule has 0 aliphatic rings. The van der Waals surface area contributed by atoms with E-state index in [-0.39, 0.29) is 0 Å². The van der Waals surface area contributed by atoms with Crippen molar-refractivity contribution in [3.63, 3.8) is 0 Å². The zero-order chi connectivity index (χ0) is 25.5. The molecular formula is C35H70. The van der Waals surface area contributed by atoms with Crippen LogP contribution < -0.4 is 0 Å². The Kier molecular flexibility index (Phi) is 31.5. The monoisotopic (exact) mass is 491 g/mol. The fourth-order valence-electron chi connectivity index (χ4n) is 5.40. The number of allylic oxidation sites excluding steroid dienone is 2. The quantitative estimate of drug-likeness (QED) is 0.0693. The molecule has 0 N–H and O–H groups in total. The van der Waals surface area contributed by atoms with Gasteiger partial charge in [-0.3, -0.25) is 0 Å². The summed E-state index contributed by atoms with van der Waals surface area (Å²) in [6.07, 6.45) is 46.8. The SMILES string of the molecule is CCCCCCC/C=C\CCCCCCCCCCCC(C)CCCCCCCCCCCCC. The Bertz CT molecular complexity index is 381. The van der Waals surface area contributed by atoms with E-state index in [1.54, 1.807) is 0 Å². The van der Waals surface area contributed by atoms with Crippen LogP contribution in [-0.2, 0) is 0 Å². The van der Waals surface area contributed by atoms with Crippen LogP contribution in [0.5, 0.6) is 0 Å². The maximum Gasteiger partial charge on any atom is -0.0351 e. The minimum Gasteiger partial charge on any atom is -0.0885 e. The van der Waals surface area contributed by atoms with Crippen molar-refractivity contribution in [1.29, 1.82) is 0 Å². The Labute approximate surface area is 224 Å². The van der Waals surface area contributed by atoms with Crippen LogP contribution in [-0.4, -0.2) is 0 Å². The molecule has 0 fully saturated rings. The molecule has 0 aromatic heterocycles. The summed E-state index contributed by atoms with van der Waals surface area (Å²) in [5.41, 5.74) is 0. The molecule has 0 aliphatic heterocycles. The second-order valence-corrected chi connectivity index (χ2v) is 11.9. The van der Waals surface area contributed by atoms with Gasteiger partial charge in [-0.2, -0.15) is 0 Å². The molecule has 1 atom stereocenters. The first-order chi connectivity index (χ1) is 17.3. The van der Waals surface area contributed by atoms with Crippen LogP contribution in [0.25, 0.3) is 0 Å². The van der Waals surface area contributed by atoms with Gasteiger partial charge in [0.1, 0.15) is 0 Å². The molecule has 0 aromatic rings. The van der Waals surface area contributed by atoms with Crippen molar-refractivity contribution in [2.75, 3.05) is 0 Å². The molecule has 0 rings (SSSR count). The molecule has 0 bridgehead atoms. The average molecular weight is 491 g/mol. The van der Waals surface area contributed by atoms with Gasteiger partial charge in [0.2, 0.25) is 0 Å². The Balaban J connectivity index is 3.17. The highest BCUT2D eigenvalue weighted by Gasteiger charge is 2.02. The molecule has 0 spiro atoms. The van der Waals surface area contributed by atoms with Crippen molar-refractivity contribution in [2.45, 2.75) is 207 Å². The molecule has 0 heterocycles. The predicted octanol–water partition coefficient (Wildman–Crippen LogP) is 13.5. The van der Waals surface area contributed by atoms with Gasteiger partial charge in [0.15, 0.2) is 0 Å². The van der Waals surface area contributed by atoms with E-state index in [0.717, 1.165) is 5.92 Å². The van der Waals surface area contributed by atoms with Crippen LogP contribution in [0.3, 0.4) is 0 Å². The van der Waals surface area contributed by atoms with Crippen molar-refractivity contribution in [3.8, 4) is 0 Å². The Morgan fingerprint density at radius 1 is 0.343 bits per heavy atom. The normalized spacial score (nSPS) is 12.7. The summed E-state index contributed by atoms with van der Waals surface area (Å²) in [4.78, 5) is 0. The summed E-state index contributed by atoms with van der Waals surface area (Å²) in [7, 11) is 0. The Morgan fingerprint density at radius 2 is 0.600 bits per heavy atom. The van der Waals surface area contributed by atoms with Crippen LogP contribution in [0.15, 0.2) is 12.2 Å². The van der Waals surface area contributed by atoms with Crippen molar-refractivity contribution in [2.24, 2.45) is 5.92 Å². The van der Waals surface area contributed by atoms with Crippen LogP contribution in [0.2, 0.25) is 0 Å². The smallest absolute Gasteiger partial charge is 0.0351 e. The molecule has 35 heavy (non-hydrogen) atoms. The lowest BCUT2D eigenvalue weighted by Crippen LogP contribution is -1.95. The Morgan fingerprint density at radius 3 is 0.914 bits per heavy atom. The van der Waals surface area contributed by atoms with Gasteiger partial charge in [-0.25, -0.2) is 0 Å². The van der Waals surface area contributed by atoms with E-state index in [1.807, 2.05) is 0 Å². The topological polar surface area (TPSA) is 0 Å². The van der Waals surface area contributed by atoms with Gasteiger partial charge in [-0.15, -0.1) is 0 Å². The summed E-state index contributed by atoms with van der Waals surface area (Å²) in [5.74, 6) is 0.962. The molecule has 0 aliphatic carbocycles. The van der Waals surface area contributed by atoms with Crippen molar-refractivity contribution in [3.05, 3.63) is 12.2 Å². The van der Waals surface area contributed by atoms with Gasteiger partial charge >= 0.3 is 0 Å². The lowest BCUT2D eigenvalue weighted by atomic mass is 9.95. The summed E-state index contributed by atoms with van der Waals surface area (Å²) >= 11 is 0. The van der Waals surface area contributed by atoms with Crippen molar-refractivity contribution in [1.82, 2.24) is 0 Å². The highest BCUT2D eigenvalue weighted by Crippen LogP contribution is 2.19. The van der Waals surface area contributed by atoms with E-state index < -0.39 is 0 Å². The third kappa shape index (κ3) is 31.7. The lowest BCUT2D eigenvalue weighted by molar-refractivity contribution is 0.430. The van der Waals surface area contributed by atoms with E-state index in [4.69, 9.17) is 0 Å². The van der Waals surface area contributed by atoms with Gasteiger partial charge < -0.3 is 0 Å². The number of hydrogen-bond acceptors (Lipinski definition) is 0. The second-order valence-electron chi connectivity index (χ2n) is 11.9. The van der Waals surface area contributed by atoms with E-state index in [2.05, 4.69) is 32.9 Å². The largest absolute Gasteiger partial charge is 0.0885 e. The fourth-order valence-corrected chi connectivity index (χ4v) is 5.40. The standard InChI is InChI=1S/C35H70/c1-4-6-8-10-12-14-16-17-18-19-20-21-22-24-26-28-30-32-34-35(3)33-31-29-27-25-23-15-13-11-9-7-5-2/h16-17,35H,4-15,18-34H2,1-3H3/b17-16-. The van der Waals surface area contributed by atoms with E-state index in [1.165, 1.54) is 186 Å². The van der Waals surface area contributed by atoms with E-state index in [9.17, 15) is 0 Å². The number of rotatable bonds is 30. The van der Waals surface area contributed by atoms with Gasteiger partial charge in [0, 0.05) is 0 Å². The van der Waals surface area contributed by atoms with Gasteiger partial charge in [-0.05, 0) is 31.6 Å². The molecule has 0 amide bonds. The van der Waals surface area contributed by atoms with E-state index in [0.29, 0.717) is 0 Å². The minimum atomic E-state index is 0.962. The predicted molar refractivity (Wildman–Crippen MR) is 164 cm³/mol. The molecule has 0 nitrogen and oxygen atoms in total. The van der Waals surface area contributed by atoms with Crippen molar-refractivity contribution < 1.29 is 0 Å². The Hall–Kier alpha value is -0.260. The summed E-state index contributed by atoms with van der Waals surface area (Å²) in [6, 6.07) is 0. The van der Waals surface area contributed by atoms with Crippen LogP contribution >= 0.6 is 0 Å². The lowest BCUT2D eigenvalue weighted by Gasteiger charge is -2.11. The highest BCUT2D eigenvalue weighted by molar-refractivity contribution is 4.81. The maximum atomic E-state index is 2.50. The zero-order valence-corrected chi connectivity index (χ0v) is 25.2. The summed E-state index contributed by atoms with van der Waals surface area (Å²) in [6.45, 7) is 7.10. The fraction of sp³-hybridized carbons (Fsp3) is 0.943. The first-order valence-corrected chi connectivity index (χ1v) is 17.0. The van der Waals surface area contributed by atoms with Crippen LogP contribution in [0, 0.1) is 5.92 Å². The third-order valence-corrected chi connectivity index (χ3v) is 8.01. The summed E-state index contributed by atoms with van der Waals surface area (Å²) in [5, 5.41) is 0. The third-order valence-electron chi connectivity index (χ3n) is 8.01. The number of hydrogen-bond donors (Lipinski definition) is 0. The molecule has 0 heteroatoms. The van der Waals surface area contributed by atoms with Crippen LogP contribution in [0.4, 0.5) is 0 Å². The minimum absolute atomic E-state index is 0.962. The first kappa shape index (κ1) is 34.7. The summed E-state index contributed by atoms with van der Waals surface area (Å²) < 4.78 is 0. The van der Waals surface area contributed by atoms with Crippen molar-refractivity contribution >= 4 is 0 Å². The first-order valence-electron chi connectivity index (χ1n) is 17.0. The molecule has 0 saturated heterocycles. The molecule has 0 aromatic carbocycles. The average Bonchev–Trinajstić information content (AvgIpc) is 2.86. The molecular weight excluding hydrogens is 420 g/mol. The van der Waals surface area contributed by atoms with E-state index >= 15 is 0 Å². The molecule has 210 valence electrons.